The summed E-state index contributed by atoms with van der Waals surface area (Å²) in [5, 5.41) is 3.12. The number of hydrogen-bond acceptors (Lipinski definition) is 7. The highest BCUT2D eigenvalue weighted by Crippen LogP contribution is 2.39. The van der Waals surface area contributed by atoms with Crippen molar-refractivity contribution < 1.29 is 19.0 Å². The molecular weight excluding hydrogens is 372 g/mol. The summed E-state index contributed by atoms with van der Waals surface area (Å²) in [5.74, 6) is 2.23. The van der Waals surface area contributed by atoms with Crippen molar-refractivity contribution in [1.82, 2.24) is 15.3 Å². The second-order valence-electron chi connectivity index (χ2n) is 7.02. The molecule has 2 heterocycles. The quantitative estimate of drug-likeness (QED) is 0.764. The fourth-order valence-corrected chi connectivity index (χ4v) is 3.59. The molecule has 156 valence electrons. The van der Waals surface area contributed by atoms with Gasteiger partial charge in [0.05, 0.1) is 33.3 Å². The molecular formula is C21H28N4O4. The van der Waals surface area contributed by atoms with Crippen molar-refractivity contribution in [3.05, 3.63) is 36.2 Å². The van der Waals surface area contributed by atoms with Crippen LogP contribution in [0.25, 0.3) is 0 Å². The van der Waals surface area contributed by atoms with Gasteiger partial charge in [-0.25, -0.2) is 9.97 Å². The largest absolute Gasteiger partial charge is 0.493 e. The summed E-state index contributed by atoms with van der Waals surface area (Å²) in [6.07, 6.45) is 5.21. The third-order valence-corrected chi connectivity index (χ3v) is 5.17. The number of aromatic nitrogens is 2. The highest BCUT2D eigenvalue weighted by Gasteiger charge is 2.28. The number of piperidine rings is 1. The van der Waals surface area contributed by atoms with Crippen LogP contribution in [0, 0.1) is 5.92 Å². The molecule has 1 amide bonds. The molecule has 2 atom stereocenters. The maximum Gasteiger partial charge on any atom is 0.225 e. The van der Waals surface area contributed by atoms with Crippen LogP contribution < -0.4 is 24.4 Å². The van der Waals surface area contributed by atoms with Crippen LogP contribution in [-0.2, 0) is 4.79 Å². The number of benzene rings is 1. The number of nitrogens with one attached hydrogen (secondary N) is 1. The Hall–Kier alpha value is -3.03. The van der Waals surface area contributed by atoms with Gasteiger partial charge in [-0.2, -0.15) is 0 Å². The van der Waals surface area contributed by atoms with E-state index in [4.69, 9.17) is 14.2 Å². The number of hydrogen-bond donors (Lipinski definition) is 1. The highest BCUT2D eigenvalue weighted by atomic mass is 16.5. The Labute approximate surface area is 171 Å². The fourth-order valence-electron chi connectivity index (χ4n) is 3.59. The Bertz CT molecular complexity index is 806. The minimum atomic E-state index is -0.209. The van der Waals surface area contributed by atoms with E-state index in [0.717, 1.165) is 24.9 Å². The lowest BCUT2D eigenvalue weighted by atomic mass is 9.96. The number of anilines is 1. The number of methoxy groups -OCH3 is 3. The zero-order valence-electron chi connectivity index (χ0n) is 17.3. The molecule has 1 aliphatic heterocycles. The lowest BCUT2D eigenvalue weighted by Gasteiger charge is -2.32. The van der Waals surface area contributed by atoms with Crippen molar-refractivity contribution in [2.24, 2.45) is 5.92 Å². The van der Waals surface area contributed by atoms with E-state index in [-0.39, 0.29) is 17.9 Å². The van der Waals surface area contributed by atoms with Gasteiger partial charge in [-0.05, 0) is 43.5 Å². The maximum atomic E-state index is 12.9. The van der Waals surface area contributed by atoms with E-state index in [1.807, 2.05) is 19.1 Å². The third-order valence-electron chi connectivity index (χ3n) is 5.17. The third kappa shape index (κ3) is 4.70. The molecule has 1 aromatic carbocycles. The van der Waals surface area contributed by atoms with Crippen LogP contribution >= 0.6 is 0 Å². The molecule has 0 spiro atoms. The van der Waals surface area contributed by atoms with E-state index in [1.165, 1.54) is 0 Å². The number of amides is 1. The first kappa shape index (κ1) is 20.7. The number of rotatable bonds is 7. The molecule has 1 aliphatic rings. The van der Waals surface area contributed by atoms with Gasteiger partial charge in [0, 0.05) is 25.5 Å². The Morgan fingerprint density at radius 2 is 1.79 bits per heavy atom. The predicted molar refractivity (Wildman–Crippen MR) is 110 cm³/mol. The summed E-state index contributed by atoms with van der Waals surface area (Å²) >= 11 is 0. The average molecular weight is 400 g/mol. The van der Waals surface area contributed by atoms with Gasteiger partial charge in [-0.3, -0.25) is 4.79 Å². The zero-order valence-corrected chi connectivity index (χ0v) is 17.3. The molecule has 0 saturated carbocycles. The Kier molecular flexibility index (Phi) is 6.74. The topological polar surface area (TPSA) is 85.8 Å². The first-order valence-electron chi connectivity index (χ1n) is 9.69. The van der Waals surface area contributed by atoms with Crippen molar-refractivity contribution in [2.75, 3.05) is 39.3 Å². The molecule has 1 fully saturated rings. The molecule has 0 radical (unpaired) electrons. The number of ether oxygens (including phenoxy) is 3. The van der Waals surface area contributed by atoms with Gasteiger partial charge in [0.25, 0.3) is 0 Å². The van der Waals surface area contributed by atoms with E-state index in [9.17, 15) is 4.79 Å². The Balaban J connectivity index is 1.70. The molecule has 29 heavy (non-hydrogen) atoms. The Morgan fingerprint density at radius 3 is 2.38 bits per heavy atom. The summed E-state index contributed by atoms with van der Waals surface area (Å²) in [6, 6.07) is 5.30. The van der Waals surface area contributed by atoms with Crippen molar-refractivity contribution in [3.63, 3.8) is 0 Å². The van der Waals surface area contributed by atoms with Gasteiger partial charge in [-0.1, -0.05) is 0 Å². The van der Waals surface area contributed by atoms with Gasteiger partial charge in [-0.15, -0.1) is 0 Å². The van der Waals surface area contributed by atoms with Crippen LogP contribution in [0.4, 0.5) is 5.95 Å². The molecule has 8 heteroatoms. The molecule has 2 aromatic rings. The summed E-state index contributed by atoms with van der Waals surface area (Å²) in [6.45, 7) is 3.41. The lowest BCUT2D eigenvalue weighted by Crippen LogP contribution is -2.44. The van der Waals surface area contributed by atoms with Crippen molar-refractivity contribution in [1.29, 1.82) is 0 Å². The summed E-state index contributed by atoms with van der Waals surface area (Å²) in [7, 11) is 4.72. The van der Waals surface area contributed by atoms with Crippen LogP contribution in [-0.4, -0.2) is 50.3 Å². The average Bonchev–Trinajstić information content (AvgIpc) is 2.78. The SMILES string of the molecule is COc1cc(C(C)NC(=O)C2CCCN(c3ncccn3)C2)cc(OC)c1OC. The highest BCUT2D eigenvalue weighted by molar-refractivity contribution is 5.80. The second kappa shape index (κ2) is 9.45. The van der Waals surface area contributed by atoms with E-state index in [1.54, 1.807) is 39.8 Å². The fraction of sp³-hybridized carbons (Fsp3) is 0.476. The summed E-state index contributed by atoms with van der Waals surface area (Å²) < 4.78 is 16.2. The predicted octanol–water partition coefficient (Wildman–Crippen LogP) is 2.60. The minimum absolute atomic E-state index is 0.0203. The molecule has 1 aromatic heterocycles. The van der Waals surface area contributed by atoms with Gasteiger partial charge >= 0.3 is 0 Å². The van der Waals surface area contributed by atoms with Gasteiger partial charge in [0.1, 0.15) is 0 Å². The van der Waals surface area contributed by atoms with E-state index in [2.05, 4.69) is 20.2 Å². The van der Waals surface area contributed by atoms with Crippen LogP contribution in [0.15, 0.2) is 30.6 Å². The van der Waals surface area contributed by atoms with Crippen molar-refractivity contribution >= 4 is 11.9 Å². The van der Waals surface area contributed by atoms with Gasteiger partial charge in [0.15, 0.2) is 11.5 Å². The lowest BCUT2D eigenvalue weighted by molar-refractivity contribution is -0.125. The number of carbonyl (C=O) groups excluding carboxylic acids is 1. The second-order valence-corrected chi connectivity index (χ2v) is 7.02. The molecule has 2 unspecified atom stereocenters. The van der Waals surface area contributed by atoms with Crippen LogP contribution in [0.2, 0.25) is 0 Å². The Morgan fingerprint density at radius 1 is 1.14 bits per heavy atom. The molecule has 0 bridgehead atoms. The van der Waals surface area contributed by atoms with Crippen LogP contribution in [0.1, 0.15) is 31.4 Å². The van der Waals surface area contributed by atoms with Crippen molar-refractivity contribution in [2.45, 2.75) is 25.8 Å². The first-order valence-corrected chi connectivity index (χ1v) is 9.69. The standard InChI is InChI=1S/C21H28N4O4/c1-14(16-11-17(27-2)19(29-4)18(12-16)28-3)24-20(26)15-7-5-10-25(13-15)21-22-8-6-9-23-21/h6,8-9,11-12,14-15H,5,7,10,13H2,1-4H3,(H,24,26). The summed E-state index contributed by atoms with van der Waals surface area (Å²) in [5.41, 5.74) is 0.881. The van der Waals surface area contributed by atoms with E-state index >= 15 is 0 Å². The molecule has 3 rings (SSSR count). The normalized spacial score (nSPS) is 17.4. The maximum absolute atomic E-state index is 12.9. The van der Waals surface area contributed by atoms with Crippen molar-refractivity contribution in [3.8, 4) is 17.2 Å². The zero-order chi connectivity index (χ0) is 20.8. The van der Waals surface area contributed by atoms with E-state index in [0.29, 0.717) is 29.7 Å². The molecule has 0 aliphatic carbocycles. The first-order chi connectivity index (χ1) is 14.1. The monoisotopic (exact) mass is 400 g/mol. The number of carbonyl (C=O) groups is 1. The molecule has 1 N–H and O–H groups in total. The van der Waals surface area contributed by atoms with Crippen LogP contribution in [0.5, 0.6) is 17.2 Å². The molecule has 1 saturated heterocycles. The number of nitrogens with zero attached hydrogens (tertiary/aromatic N) is 3. The summed E-state index contributed by atoms with van der Waals surface area (Å²) in [4.78, 5) is 23.6. The smallest absolute Gasteiger partial charge is 0.225 e. The minimum Gasteiger partial charge on any atom is -0.493 e. The van der Waals surface area contributed by atoms with Gasteiger partial charge in [0.2, 0.25) is 17.6 Å². The van der Waals surface area contributed by atoms with E-state index < -0.39 is 0 Å². The molecule has 8 nitrogen and oxygen atoms in total. The van der Waals surface area contributed by atoms with Gasteiger partial charge < -0.3 is 24.4 Å². The van der Waals surface area contributed by atoms with Crippen LogP contribution in [0.3, 0.4) is 0 Å².